The molecule has 0 saturated carbocycles. The summed E-state index contributed by atoms with van der Waals surface area (Å²) in [6.45, 7) is 4.93. The van der Waals surface area contributed by atoms with Crippen LogP contribution in [0.1, 0.15) is 36.7 Å². The second-order valence-corrected chi connectivity index (χ2v) is 6.75. The molecule has 1 aromatic carbocycles. The van der Waals surface area contributed by atoms with Crippen LogP contribution in [0.25, 0.3) is 11.3 Å². The Kier molecular flexibility index (Phi) is 5.53. The van der Waals surface area contributed by atoms with Gasteiger partial charge >= 0.3 is 0 Å². The summed E-state index contributed by atoms with van der Waals surface area (Å²) >= 11 is 5.89. The van der Waals surface area contributed by atoms with E-state index in [1.54, 1.807) is 6.07 Å². The zero-order valence-corrected chi connectivity index (χ0v) is 14.6. The molecule has 24 heavy (non-hydrogen) atoms. The predicted molar refractivity (Wildman–Crippen MR) is 96.3 cm³/mol. The molecule has 5 nitrogen and oxygen atoms in total. The van der Waals surface area contributed by atoms with E-state index in [2.05, 4.69) is 27.3 Å². The van der Waals surface area contributed by atoms with Crippen molar-refractivity contribution in [2.75, 3.05) is 19.6 Å². The van der Waals surface area contributed by atoms with Crippen LogP contribution in [0, 0.1) is 0 Å². The molecule has 2 heterocycles. The fourth-order valence-corrected chi connectivity index (χ4v) is 3.23. The zero-order valence-electron chi connectivity index (χ0n) is 13.9. The average molecular weight is 347 g/mol. The maximum atomic E-state index is 12.2. The van der Waals surface area contributed by atoms with Gasteiger partial charge in [-0.15, -0.1) is 0 Å². The van der Waals surface area contributed by atoms with Gasteiger partial charge in [-0.05, 0) is 44.5 Å². The van der Waals surface area contributed by atoms with Crippen molar-refractivity contribution in [3.05, 3.63) is 41.0 Å². The van der Waals surface area contributed by atoms with Gasteiger partial charge in [0.1, 0.15) is 5.69 Å². The molecular formula is C18H23ClN4O. The second kappa shape index (κ2) is 7.81. The first-order chi connectivity index (χ1) is 11.6. The number of nitrogens with zero attached hydrogens (tertiary/aromatic N) is 2. The van der Waals surface area contributed by atoms with E-state index in [4.69, 9.17) is 11.6 Å². The van der Waals surface area contributed by atoms with Crippen LogP contribution in [0.15, 0.2) is 30.3 Å². The molecule has 3 rings (SSSR count). The molecule has 6 heteroatoms. The third kappa shape index (κ3) is 4.16. The third-order valence-corrected chi connectivity index (χ3v) is 4.84. The number of benzene rings is 1. The van der Waals surface area contributed by atoms with Crippen LogP contribution in [0.3, 0.4) is 0 Å². The lowest BCUT2D eigenvalue weighted by molar-refractivity contribution is 0.0933. The molecule has 0 aliphatic carbocycles. The van der Waals surface area contributed by atoms with Crippen LogP contribution in [0.4, 0.5) is 0 Å². The Hall–Kier alpha value is -1.85. The Morgan fingerprint density at radius 3 is 2.92 bits per heavy atom. The van der Waals surface area contributed by atoms with Crippen molar-refractivity contribution in [2.45, 2.75) is 32.2 Å². The lowest BCUT2D eigenvalue weighted by atomic mass is 10.0. The van der Waals surface area contributed by atoms with Crippen LogP contribution in [0.2, 0.25) is 5.02 Å². The van der Waals surface area contributed by atoms with E-state index >= 15 is 0 Å². The predicted octanol–water partition coefficient (Wildman–Crippen LogP) is 3.33. The number of amides is 1. The highest BCUT2D eigenvalue weighted by Crippen LogP contribution is 2.20. The van der Waals surface area contributed by atoms with Crippen molar-refractivity contribution in [1.82, 2.24) is 20.4 Å². The van der Waals surface area contributed by atoms with E-state index in [0.29, 0.717) is 23.3 Å². The van der Waals surface area contributed by atoms with Crippen molar-refractivity contribution in [3.8, 4) is 11.3 Å². The van der Waals surface area contributed by atoms with Crippen molar-refractivity contribution in [3.63, 3.8) is 0 Å². The summed E-state index contributed by atoms with van der Waals surface area (Å²) in [5, 5.41) is 10.7. The third-order valence-electron chi connectivity index (χ3n) is 4.59. The summed E-state index contributed by atoms with van der Waals surface area (Å²) in [7, 11) is 0. The first-order valence-electron chi connectivity index (χ1n) is 8.47. The highest BCUT2D eigenvalue weighted by molar-refractivity contribution is 6.30. The molecule has 2 N–H and O–H groups in total. The number of nitrogens with one attached hydrogen (secondary N) is 2. The van der Waals surface area contributed by atoms with E-state index in [1.165, 1.54) is 19.3 Å². The quantitative estimate of drug-likeness (QED) is 0.873. The topological polar surface area (TPSA) is 61.0 Å². The normalized spacial score (nSPS) is 18.5. The number of aromatic nitrogens is 2. The monoisotopic (exact) mass is 346 g/mol. The molecule has 0 bridgehead atoms. The molecule has 1 atom stereocenters. The fourth-order valence-electron chi connectivity index (χ4n) is 3.10. The van der Waals surface area contributed by atoms with Crippen LogP contribution in [-0.2, 0) is 0 Å². The molecule has 0 radical (unpaired) electrons. The largest absolute Gasteiger partial charge is 0.349 e. The lowest BCUT2D eigenvalue weighted by Gasteiger charge is -2.33. The zero-order chi connectivity index (χ0) is 16.9. The Bertz CT molecular complexity index is 683. The fraction of sp³-hybridized carbons (Fsp3) is 0.444. The number of halogens is 1. The summed E-state index contributed by atoms with van der Waals surface area (Å²) in [5.74, 6) is -0.118. The number of piperidine rings is 1. The number of carbonyl (C=O) groups excluding carboxylic acids is 1. The number of aromatic amines is 1. The van der Waals surface area contributed by atoms with E-state index in [1.807, 2.05) is 24.3 Å². The number of carbonyl (C=O) groups is 1. The SMILES string of the molecule is C[C@H]1CCCCN1CCNC(=O)c1cc(-c2ccc(Cl)cc2)n[nH]1. The van der Waals surface area contributed by atoms with Crippen molar-refractivity contribution in [2.24, 2.45) is 0 Å². The second-order valence-electron chi connectivity index (χ2n) is 6.31. The smallest absolute Gasteiger partial charge is 0.269 e. The molecule has 1 aromatic heterocycles. The molecule has 128 valence electrons. The number of H-pyrrole nitrogens is 1. The Labute approximate surface area is 147 Å². The maximum Gasteiger partial charge on any atom is 0.269 e. The lowest BCUT2D eigenvalue weighted by Crippen LogP contribution is -2.42. The minimum atomic E-state index is -0.118. The summed E-state index contributed by atoms with van der Waals surface area (Å²) < 4.78 is 0. The molecule has 0 unspecified atom stereocenters. The van der Waals surface area contributed by atoms with Crippen LogP contribution in [-0.4, -0.2) is 46.7 Å². The molecule has 1 fully saturated rings. The van der Waals surface area contributed by atoms with Gasteiger partial charge in [0.25, 0.3) is 5.91 Å². The Balaban J connectivity index is 1.53. The first-order valence-corrected chi connectivity index (χ1v) is 8.85. The van der Waals surface area contributed by atoms with Crippen LogP contribution in [0.5, 0.6) is 0 Å². The van der Waals surface area contributed by atoms with Crippen molar-refractivity contribution >= 4 is 17.5 Å². The molecule has 1 aliphatic heterocycles. The van der Waals surface area contributed by atoms with Gasteiger partial charge < -0.3 is 5.32 Å². The van der Waals surface area contributed by atoms with Crippen molar-refractivity contribution in [1.29, 1.82) is 0 Å². The highest BCUT2D eigenvalue weighted by Gasteiger charge is 2.18. The minimum Gasteiger partial charge on any atom is -0.349 e. The molecular weight excluding hydrogens is 324 g/mol. The van der Waals surface area contributed by atoms with Gasteiger partial charge in [0.2, 0.25) is 0 Å². The Morgan fingerprint density at radius 2 is 2.17 bits per heavy atom. The summed E-state index contributed by atoms with van der Waals surface area (Å²) in [5.41, 5.74) is 2.14. The van der Waals surface area contributed by atoms with Crippen LogP contribution < -0.4 is 5.32 Å². The number of hydrogen-bond donors (Lipinski definition) is 2. The maximum absolute atomic E-state index is 12.2. The number of rotatable bonds is 5. The van der Waals surface area contributed by atoms with Gasteiger partial charge in [0, 0.05) is 29.7 Å². The highest BCUT2D eigenvalue weighted by atomic mass is 35.5. The summed E-state index contributed by atoms with van der Waals surface area (Å²) in [6.07, 6.45) is 3.81. The summed E-state index contributed by atoms with van der Waals surface area (Å²) in [6, 6.07) is 9.77. The van der Waals surface area contributed by atoms with E-state index in [-0.39, 0.29) is 5.91 Å². The van der Waals surface area contributed by atoms with Gasteiger partial charge in [-0.1, -0.05) is 30.2 Å². The van der Waals surface area contributed by atoms with E-state index < -0.39 is 0 Å². The van der Waals surface area contributed by atoms with E-state index in [0.717, 1.165) is 24.3 Å². The van der Waals surface area contributed by atoms with Crippen LogP contribution >= 0.6 is 11.6 Å². The van der Waals surface area contributed by atoms with Gasteiger partial charge in [0.05, 0.1) is 5.69 Å². The van der Waals surface area contributed by atoms with Gasteiger partial charge in [0.15, 0.2) is 0 Å². The molecule has 1 aliphatic rings. The van der Waals surface area contributed by atoms with Gasteiger partial charge in [-0.2, -0.15) is 5.10 Å². The molecule has 1 saturated heterocycles. The van der Waals surface area contributed by atoms with E-state index in [9.17, 15) is 4.79 Å². The first kappa shape index (κ1) is 17.0. The van der Waals surface area contributed by atoms with Gasteiger partial charge in [-0.3, -0.25) is 14.8 Å². The Morgan fingerprint density at radius 1 is 1.38 bits per heavy atom. The van der Waals surface area contributed by atoms with Gasteiger partial charge in [-0.25, -0.2) is 0 Å². The molecule has 0 spiro atoms. The number of hydrogen-bond acceptors (Lipinski definition) is 3. The standard InChI is InChI=1S/C18H23ClN4O/c1-13-4-2-3-10-23(13)11-9-20-18(24)17-12-16(21-22-17)14-5-7-15(19)8-6-14/h5-8,12-13H,2-4,9-11H2,1H3,(H,20,24)(H,21,22)/t13-/m0/s1. The average Bonchev–Trinajstić information content (AvgIpc) is 3.07. The molecule has 1 amide bonds. The molecule has 2 aromatic rings. The summed E-state index contributed by atoms with van der Waals surface area (Å²) in [4.78, 5) is 14.7. The minimum absolute atomic E-state index is 0.118. The number of likely N-dealkylation sites (tertiary alicyclic amines) is 1. The van der Waals surface area contributed by atoms with Crippen molar-refractivity contribution < 1.29 is 4.79 Å².